The number of aliphatic hydroxyl groups excluding tert-OH is 1. The van der Waals surface area contributed by atoms with Crippen LogP contribution in [0.4, 0.5) is 0 Å². The van der Waals surface area contributed by atoms with E-state index in [0.29, 0.717) is 18.7 Å². The molecule has 106 valence electrons. The molecule has 5 heteroatoms. The van der Waals surface area contributed by atoms with Gasteiger partial charge in [-0.15, -0.1) is 0 Å². The summed E-state index contributed by atoms with van der Waals surface area (Å²) in [7, 11) is 0. The van der Waals surface area contributed by atoms with Crippen molar-refractivity contribution in [2.75, 3.05) is 13.2 Å². The Morgan fingerprint density at radius 1 is 1.40 bits per heavy atom. The average Bonchev–Trinajstić information content (AvgIpc) is 2.47. The van der Waals surface area contributed by atoms with E-state index >= 15 is 0 Å². The Kier molecular flexibility index (Phi) is 4.20. The Balaban J connectivity index is 2.31. The first-order chi connectivity index (χ1) is 9.57. The van der Waals surface area contributed by atoms with Crippen molar-refractivity contribution in [3.8, 4) is 0 Å². The smallest absolute Gasteiger partial charge is 0.270 e. The van der Waals surface area contributed by atoms with Crippen LogP contribution in [-0.4, -0.2) is 23.2 Å². The largest absolute Gasteiger partial charge is 0.395 e. The van der Waals surface area contributed by atoms with E-state index in [1.165, 1.54) is 0 Å². The lowest BCUT2D eigenvalue weighted by Crippen LogP contribution is -2.29. The summed E-state index contributed by atoms with van der Waals surface area (Å²) < 4.78 is 0. The molecular weight excluding hydrogens is 256 g/mol. The monoisotopic (exact) mass is 274 g/mol. The van der Waals surface area contributed by atoms with Crippen molar-refractivity contribution in [2.45, 2.75) is 18.8 Å². The molecule has 0 aliphatic heterocycles. The second kappa shape index (κ2) is 5.88. The van der Waals surface area contributed by atoms with Gasteiger partial charge in [-0.05, 0) is 11.6 Å². The predicted octanol–water partition coefficient (Wildman–Crippen LogP) is 1.97. The number of aliphatic hydroxyl groups is 1. The lowest BCUT2D eigenvalue weighted by atomic mass is 9.75. The first kappa shape index (κ1) is 14.3. The van der Waals surface area contributed by atoms with Gasteiger partial charge in [-0.25, -0.2) is 0 Å². The minimum Gasteiger partial charge on any atom is -0.395 e. The predicted molar refractivity (Wildman–Crippen MR) is 76.7 cm³/mol. The Morgan fingerprint density at radius 2 is 2.10 bits per heavy atom. The van der Waals surface area contributed by atoms with Gasteiger partial charge in [0.1, 0.15) is 5.70 Å². The van der Waals surface area contributed by atoms with Gasteiger partial charge in [-0.2, -0.15) is 0 Å². The molecule has 0 aromatic heterocycles. The van der Waals surface area contributed by atoms with Crippen LogP contribution in [0.3, 0.4) is 0 Å². The third-order valence-corrected chi connectivity index (χ3v) is 3.54. The highest BCUT2D eigenvalue weighted by molar-refractivity contribution is 5.39. The normalized spacial score (nSPS) is 21.9. The fourth-order valence-corrected chi connectivity index (χ4v) is 2.40. The van der Waals surface area contributed by atoms with Crippen molar-refractivity contribution in [3.05, 3.63) is 69.6 Å². The number of hydrogen-bond donors (Lipinski definition) is 2. The van der Waals surface area contributed by atoms with Gasteiger partial charge in [-0.3, -0.25) is 10.1 Å². The molecule has 0 radical (unpaired) electrons. The fraction of sp³-hybridized carbons (Fsp3) is 0.333. The van der Waals surface area contributed by atoms with Crippen LogP contribution in [0.15, 0.2) is 53.9 Å². The maximum absolute atomic E-state index is 11.3. The molecule has 20 heavy (non-hydrogen) atoms. The number of nitro groups is 1. The minimum atomic E-state index is -0.381. The Labute approximate surface area is 117 Å². The quantitative estimate of drug-likeness (QED) is 0.636. The lowest BCUT2D eigenvalue weighted by Gasteiger charge is -2.29. The van der Waals surface area contributed by atoms with Crippen LogP contribution in [-0.2, 0) is 5.41 Å². The summed E-state index contributed by atoms with van der Waals surface area (Å²) >= 11 is 0. The second-order valence-corrected chi connectivity index (χ2v) is 5.06. The topological polar surface area (TPSA) is 75.4 Å². The van der Waals surface area contributed by atoms with Crippen molar-refractivity contribution in [1.82, 2.24) is 5.32 Å². The highest BCUT2D eigenvalue weighted by Crippen LogP contribution is 2.36. The zero-order valence-electron chi connectivity index (χ0n) is 11.4. The number of benzene rings is 1. The number of nitrogens with zero attached hydrogens (tertiary/aromatic N) is 1. The van der Waals surface area contributed by atoms with Crippen LogP contribution in [0.1, 0.15) is 18.9 Å². The van der Waals surface area contributed by atoms with Gasteiger partial charge in [0.2, 0.25) is 0 Å². The van der Waals surface area contributed by atoms with Crippen LogP contribution in [0.25, 0.3) is 0 Å². The molecule has 2 rings (SSSR count). The van der Waals surface area contributed by atoms with E-state index in [0.717, 1.165) is 5.56 Å². The summed E-state index contributed by atoms with van der Waals surface area (Å²) in [6.45, 7) is 2.24. The minimum absolute atomic E-state index is 0.0573. The molecule has 1 aliphatic rings. The van der Waals surface area contributed by atoms with Crippen molar-refractivity contribution in [1.29, 1.82) is 0 Å². The van der Waals surface area contributed by atoms with E-state index in [1.54, 1.807) is 6.08 Å². The van der Waals surface area contributed by atoms with Crippen molar-refractivity contribution >= 4 is 0 Å². The van der Waals surface area contributed by atoms with Crippen molar-refractivity contribution in [3.63, 3.8) is 0 Å². The average molecular weight is 274 g/mol. The second-order valence-electron chi connectivity index (χ2n) is 5.06. The highest BCUT2D eigenvalue weighted by Gasteiger charge is 2.34. The van der Waals surface area contributed by atoms with Gasteiger partial charge in [0.15, 0.2) is 0 Å². The van der Waals surface area contributed by atoms with E-state index < -0.39 is 0 Å². The zero-order valence-corrected chi connectivity index (χ0v) is 11.4. The Morgan fingerprint density at radius 3 is 2.70 bits per heavy atom. The van der Waals surface area contributed by atoms with Gasteiger partial charge in [0.05, 0.1) is 18.0 Å². The first-order valence-electron chi connectivity index (χ1n) is 6.54. The molecule has 1 atom stereocenters. The molecule has 1 aliphatic carbocycles. The van der Waals surface area contributed by atoms with Crippen LogP contribution >= 0.6 is 0 Å². The standard InChI is InChI=1S/C15H18N2O3/c1-15(12-5-3-2-4-6-12)8-7-13(16-9-10-18)14(11-15)17(19)20/h2-8,16,18H,9-11H2,1H3. The maximum atomic E-state index is 11.3. The van der Waals surface area contributed by atoms with E-state index in [4.69, 9.17) is 5.11 Å². The summed E-state index contributed by atoms with van der Waals surface area (Å²) in [4.78, 5) is 10.9. The lowest BCUT2D eigenvalue weighted by molar-refractivity contribution is -0.430. The van der Waals surface area contributed by atoms with Gasteiger partial charge in [0, 0.05) is 12.0 Å². The van der Waals surface area contributed by atoms with Crippen LogP contribution in [0.5, 0.6) is 0 Å². The third kappa shape index (κ3) is 2.88. The van der Waals surface area contributed by atoms with Crippen LogP contribution < -0.4 is 5.32 Å². The molecule has 0 saturated carbocycles. The first-order valence-corrected chi connectivity index (χ1v) is 6.54. The molecule has 0 fully saturated rings. The van der Waals surface area contributed by atoms with E-state index in [1.807, 2.05) is 43.3 Å². The maximum Gasteiger partial charge on any atom is 0.270 e. The molecule has 1 unspecified atom stereocenters. The summed E-state index contributed by atoms with van der Waals surface area (Å²) in [5, 5.41) is 23.0. The summed E-state index contributed by atoms with van der Waals surface area (Å²) in [5.74, 6) is 0. The fourth-order valence-electron chi connectivity index (χ4n) is 2.40. The van der Waals surface area contributed by atoms with Crippen LogP contribution in [0, 0.1) is 10.1 Å². The number of allylic oxidation sites excluding steroid dienone is 3. The molecule has 0 amide bonds. The van der Waals surface area contributed by atoms with Gasteiger partial charge >= 0.3 is 0 Å². The molecule has 0 heterocycles. The van der Waals surface area contributed by atoms with Crippen molar-refractivity contribution in [2.24, 2.45) is 0 Å². The van der Waals surface area contributed by atoms with E-state index in [9.17, 15) is 10.1 Å². The van der Waals surface area contributed by atoms with E-state index in [-0.39, 0.29) is 22.6 Å². The van der Waals surface area contributed by atoms with Gasteiger partial charge in [-0.1, -0.05) is 43.3 Å². The highest BCUT2D eigenvalue weighted by atomic mass is 16.6. The van der Waals surface area contributed by atoms with Gasteiger partial charge in [0.25, 0.3) is 5.70 Å². The molecule has 0 saturated heterocycles. The molecule has 1 aromatic rings. The summed E-state index contributed by atoms with van der Waals surface area (Å²) in [6, 6.07) is 9.76. The molecule has 1 aromatic carbocycles. The van der Waals surface area contributed by atoms with Gasteiger partial charge < -0.3 is 10.4 Å². The third-order valence-electron chi connectivity index (χ3n) is 3.54. The Bertz CT molecular complexity index is 551. The van der Waals surface area contributed by atoms with E-state index in [2.05, 4.69) is 5.32 Å². The number of rotatable bonds is 5. The molecule has 0 bridgehead atoms. The molecule has 0 spiro atoms. The Hall–Kier alpha value is -2.14. The molecule has 2 N–H and O–H groups in total. The molecule has 5 nitrogen and oxygen atoms in total. The summed E-state index contributed by atoms with van der Waals surface area (Å²) in [6.07, 6.45) is 4.05. The SMILES string of the molecule is CC1(c2ccccc2)C=CC(NCCO)=C([N+](=O)[O-])C1. The zero-order chi connectivity index (χ0) is 14.6. The van der Waals surface area contributed by atoms with Crippen molar-refractivity contribution < 1.29 is 10.0 Å². The number of hydrogen-bond acceptors (Lipinski definition) is 4. The number of nitrogens with one attached hydrogen (secondary N) is 1. The van der Waals surface area contributed by atoms with Crippen LogP contribution in [0.2, 0.25) is 0 Å². The molecular formula is C15H18N2O3. The summed E-state index contributed by atoms with van der Waals surface area (Å²) in [5.41, 5.74) is 1.32.